The number of nitrogens with one attached hydrogen (secondary N) is 1. The smallest absolute Gasteiger partial charge is 0.242 e. The lowest BCUT2D eigenvalue weighted by atomic mass is 10.0. The van der Waals surface area contributed by atoms with E-state index in [0.29, 0.717) is 0 Å². The van der Waals surface area contributed by atoms with Crippen molar-refractivity contribution < 1.29 is 12.8 Å². The molecular formula is C15H21FN2O2S. The van der Waals surface area contributed by atoms with Crippen LogP contribution in [0.2, 0.25) is 0 Å². The van der Waals surface area contributed by atoms with Gasteiger partial charge in [-0.05, 0) is 31.0 Å². The molecule has 0 aliphatic carbocycles. The van der Waals surface area contributed by atoms with E-state index in [2.05, 4.69) is 16.6 Å². The average Bonchev–Trinajstić information content (AvgIpc) is 2.43. The zero-order valence-corrected chi connectivity index (χ0v) is 13.3. The monoisotopic (exact) mass is 312 g/mol. The lowest BCUT2D eigenvalue weighted by molar-refractivity contribution is 0.434. The molecule has 0 aromatic heterocycles. The third-order valence-corrected chi connectivity index (χ3v) is 5.01. The highest BCUT2D eigenvalue weighted by Crippen LogP contribution is 2.18. The van der Waals surface area contributed by atoms with Crippen molar-refractivity contribution in [3.63, 3.8) is 0 Å². The van der Waals surface area contributed by atoms with Gasteiger partial charge in [0.05, 0.1) is 11.4 Å². The highest BCUT2D eigenvalue weighted by Gasteiger charge is 2.23. The van der Waals surface area contributed by atoms with Gasteiger partial charge < -0.3 is 5.73 Å². The summed E-state index contributed by atoms with van der Waals surface area (Å²) in [5.41, 5.74) is 5.39. The Morgan fingerprint density at radius 1 is 1.38 bits per heavy atom. The largest absolute Gasteiger partial charge is 0.320 e. The van der Waals surface area contributed by atoms with Crippen LogP contribution in [0.1, 0.15) is 32.8 Å². The Morgan fingerprint density at radius 2 is 2.05 bits per heavy atom. The van der Waals surface area contributed by atoms with Crippen LogP contribution in [0.5, 0.6) is 0 Å². The molecule has 0 amide bonds. The number of hydrogen-bond acceptors (Lipinski definition) is 3. The molecule has 0 aliphatic rings. The van der Waals surface area contributed by atoms with Gasteiger partial charge in [-0.1, -0.05) is 32.1 Å². The third kappa shape index (κ3) is 4.81. The highest BCUT2D eigenvalue weighted by atomic mass is 32.2. The number of rotatable bonds is 5. The van der Waals surface area contributed by atoms with Gasteiger partial charge in [0, 0.05) is 11.6 Å². The van der Waals surface area contributed by atoms with E-state index in [1.807, 2.05) is 13.8 Å². The van der Waals surface area contributed by atoms with Crippen LogP contribution < -0.4 is 10.5 Å². The molecule has 0 saturated carbocycles. The van der Waals surface area contributed by atoms with E-state index in [4.69, 9.17) is 5.73 Å². The van der Waals surface area contributed by atoms with Crippen molar-refractivity contribution in [1.29, 1.82) is 0 Å². The summed E-state index contributed by atoms with van der Waals surface area (Å²) in [5, 5.41) is 0. The molecule has 0 spiro atoms. The van der Waals surface area contributed by atoms with Crippen molar-refractivity contribution in [2.24, 2.45) is 11.7 Å². The lowest BCUT2D eigenvalue weighted by Gasteiger charge is -2.20. The first-order valence-corrected chi connectivity index (χ1v) is 8.31. The van der Waals surface area contributed by atoms with Gasteiger partial charge in [0.2, 0.25) is 10.0 Å². The van der Waals surface area contributed by atoms with Crippen LogP contribution in [-0.2, 0) is 10.0 Å². The molecule has 6 heteroatoms. The standard InChI is InChI=1S/C15H21FN2O2S/c1-4-11(2)12(3)18-21(19,20)15-8-7-14(16)10-13(15)6-5-9-17/h7-8,10-12,18H,4,9,17H2,1-3H3. The van der Waals surface area contributed by atoms with Crippen LogP contribution in [0.25, 0.3) is 0 Å². The summed E-state index contributed by atoms with van der Waals surface area (Å²) >= 11 is 0. The Kier molecular flexibility index (Phi) is 6.34. The first-order valence-electron chi connectivity index (χ1n) is 6.82. The number of hydrogen-bond donors (Lipinski definition) is 2. The molecule has 0 saturated heterocycles. The second kappa shape index (κ2) is 7.55. The van der Waals surface area contributed by atoms with Gasteiger partial charge in [-0.15, -0.1) is 0 Å². The molecular weight excluding hydrogens is 291 g/mol. The van der Waals surface area contributed by atoms with Crippen molar-refractivity contribution >= 4 is 10.0 Å². The Bertz CT molecular complexity index is 647. The van der Waals surface area contributed by atoms with E-state index >= 15 is 0 Å². The number of benzene rings is 1. The van der Waals surface area contributed by atoms with Gasteiger partial charge in [0.25, 0.3) is 0 Å². The summed E-state index contributed by atoms with van der Waals surface area (Å²) in [6.45, 7) is 5.84. The Morgan fingerprint density at radius 3 is 2.62 bits per heavy atom. The van der Waals surface area contributed by atoms with Crippen molar-refractivity contribution in [3.8, 4) is 11.8 Å². The molecule has 0 heterocycles. The molecule has 0 radical (unpaired) electrons. The molecule has 0 aliphatic heterocycles. The van der Waals surface area contributed by atoms with E-state index in [9.17, 15) is 12.8 Å². The number of nitrogens with two attached hydrogens (primary N) is 1. The van der Waals surface area contributed by atoms with Gasteiger partial charge in [-0.25, -0.2) is 17.5 Å². The molecule has 3 N–H and O–H groups in total. The summed E-state index contributed by atoms with van der Waals surface area (Å²) in [6, 6.07) is 3.21. The van der Waals surface area contributed by atoms with Gasteiger partial charge >= 0.3 is 0 Å². The number of halogens is 1. The summed E-state index contributed by atoms with van der Waals surface area (Å²) in [5.74, 6) is 4.81. The molecule has 2 unspecified atom stereocenters. The Hall–Kier alpha value is -1.42. The fourth-order valence-corrected chi connectivity index (χ4v) is 3.25. The summed E-state index contributed by atoms with van der Waals surface area (Å²) < 4.78 is 40.8. The Balaban J connectivity index is 3.19. The van der Waals surface area contributed by atoms with Crippen LogP contribution >= 0.6 is 0 Å². The molecule has 116 valence electrons. The maximum atomic E-state index is 13.3. The van der Waals surface area contributed by atoms with E-state index < -0.39 is 15.8 Å². The zero-order valence-electron chi connectivity index (χ0n) is 12.5. The van der Waals surface area contributed by atoms with Crippen molar-refractivity contribution in [3.05, 3.63) is 29.6 Å². The molecule has 21 heavy (non-hydrogen) atoms. The summed E-state index contributed by atoms with van der Waals surface area (Å²) in [6.07, 6.45) is 0.854. The van der Waals surface area contributed by atoms with Crippen molar-refractivity contribution in [1.82, 2.24) is 4.72 Å². The van der Waals surface area contributed by atoms with Gasteiger partial charge in [0.1, 0.15) is 5.82 Å². The molecule has 4 nitrogen and oxygen atoms in total. The van der Waals surface area contributed by atoms with E-state index in [0.717, 1.165) is 18.6 Å². The lowest BCUT2D eigenvalue weighted by Crippen LogP contribution is -2.37. The van der Waals surface area contributed by atoms with E-state index in [1.165, 1.54) is 6.07 Å². The molecule has 2 atom stereocenters. The minimum Gasteiger partial charge on any atom is -0.320 e. The fourth-order valence-electron chi connectivity index (χ4n) is 1.76. The van der Waals surface area contributed by atoms with E-state index in [-0.39, 0.29) is 29.0 Å². The summed E-state index contributed by atoms with van der Waals surface area (Å²) in [7, 11) is -3.75. The van der Waals surface area contributed by atoms with E-state index in [1.54, 1.807) is 6.92 Å². The second-order valence-electron chi connectivity index (χ2n) is 4.94. The minimum atomic E-state index is -3.75. The second-order valence-corrected chi connectivity index (χ2v) is 6.62. The van der Waals surface area contributed by atoms with Gasteiger partial charge in [0.15, 0.2) is 0 Å². The first-order chi connectivity index (χ1) is 9.81. The molecule has 1 aromatic rings. The van der Waals surface area contributed by atoms with Crippen LogP contribution in [0.15, 0.2) is 23.1 Å². The fraction of sp³-hybridized carbons (Fsp3) is 0.467. The number of sulfonamides is 1. The average molecular weight is 312 g/mol. The molecule has 0 bridgehead atoms. The van der Waals surface area contributed by atoms with Crippen LogP contribution in [0.3, 0.4) is 0 Å². The third-order valence-electron chi connectivity index (χ3n) is 3.39. The maximum absolute atomic E-state index is 13.3. The van der Waals surface area contributed by atoms with Crippen molar-refractivity contribution in [2.75, 3.05) is 6.54 Å². The van der Waals surface area contributed by atoms with Gasteiger partial charge in [-0.2, -0.15) is 0 Å². The van der Waals surface area contributed by atoms with Crippen molar-refractivity contribution in [2.45, 2.75) is 38.1 Å². The van der Waals surface area contributed by atoms with Crippen LogP contribution in [0, 0.1) is 23.6 Å². The predicted octanol–water partition coefficient (Wildman–Crippen LogP) is 1.85. The minimum absolute atomic E-state index is 0.0278. The molecule has 1 aromatic carbocycles. The quantitative estimate of drug-likeness (QED) is 0.815. The van der Waals surface area contributed by atoms with Crippen LogP contribution in [-0.4, -0.2) is 21.0 Å². The molecule has 0 fully saturated rings. The normalized spacial score (nSPS) is 14.1. The highest BCUT2D eigenvalue weighted by molar-refractivity contribution is 7.89. The SMILES string of the molecule is CCC(C)C(C)NS(=O)(=O)c1ccc(F)cc1C#CCN. The summed E-state index contributed by atoms with van der Waals surface area (Å²) in [4.78, 5) is -0.0278. The molecule has 1 rings (SSSR count). The topological polar surface area (TPSA) is 72.2 Å². The first kappa shape index (κ1) is 17.6. The maximum Gasteiger partial charge on any atom is 0.242 e. The van der Waals surface area contributed by atoms with Crippen LogP contribution in [0.4, 0.5) is 4.39 Å². The Labute approximate surface area is 126 Å². The van der Waals surface area contributed by atoms with Gasteiger partial charge in [-0.3, -0.25) is 0 Å². The zero-order chi connectivity index (χ0) is 16.0. The predicted molar refractivity (Wildman–Crippen MR) is 81.6 cm³/mol.